The second-order valence-corrected chi connectivity index (χ2v) is 5.79. The van der Waals surface area contributed by atoms with Crippen molar-refractivity contribution in [2.75, 3.05) is 17.2 Å². The predicted octanol–water partition coefficient (Wildman–Crippen LogP) is 3.45. The SMILES string of the molecule is CCCOc1ccc(C(=O)Nc2ccc3c(c2)NC(=O)C(C)O3)cc1. The Bertz CT molecular complexity index is 787. The summed E-state index contributed by atoms with van der Waals surface area (Å²) in [5, 5.41) is 5.57. The fourth-order valence-electron chi connectivity index (χ4n) is 2.41. The minimum atomic E-state index is -0.526. The van der Waals surface area contributed by atoms with Crippen molar-refractivity contribution in [2.24, 2.45) is 0 Å². The molecule has 0 spiro atoms. The molecule has 0 aromatic heterocycles. The minimum Gasteiger partial charge on any atom is -0.494 e. The van der Waals surface area contributed by atoms with E-state index in [1.165, 1.54) is 0 Å². The van der Waals surface area contributed by atoms with E-state index in [2.05, 4.69) is 10.6 Å². The molecular formula is C19H20N2O4. The van der Waals surface area contributed by atoms with E-state index in [4.69, 9.17) is 9.47 Å². The number of fused-ring (bicyclic) bond motifs is 1. The smallest absolute Gasteiger partial charge is 0.265 e. The van der Waals surface area contributed by atoms with Gasteiger partial charge in [-0.15, -0.1) is 0 Å². The van der Waals surface area contributed by atoms with Crippen LogP contribution in [0.5, 0.6) is 11.5 Å². The first kappa shape index (κ1) is 16.8. The molecule has 3 rings (SSSR count). The van der Waals surface area contributed by atoms with Crippen molar-refractivity contribution in [3.63, 3.8) is 0 Å². The Labute approximate surface area is 146 Å². The van der Waals surface area contributed by atoms with Crippen molar-refractivity contribution in [3.05, 3.63) is 48.0 Å². The van der Waals surface area contributed by atoms with Gasteiger partial charge < -0.3 is 20.1 Å². The molecule has 6 nitrogen and oxygen atoms in total. The van der Waals surface area contributed by atoms with Gasteiger partial charge in [-0.2, -0.15) is 0 Å². The first-order valence-electron chi connectivity index (χ1n) is 8.22. The van der Waals surface area contributed by atoms with Crippen LogP contribution in [-0.4, -0.2) is 24.5 Å². The van der Waals surface area contributed by atoms with Crippen molar-refractivity contribution in [1.82, 2.24) is 0 Å². The van der Waals surface area contributed by atoms with E-state index in [-0.39, 0.29) is 11.8 Å². The quantitative estimate of drug-likeness (QED) is 0.874. The normalized spacial score (nSPS) is 15.6. The maximum absolute atomic E-state index is 12.4. The molecule has 1 heterocycles. The van der Waals surface area contributed by atoms with Crippen LogP contribution in [0, 0.1) is 0 Å². The number of hydrogen-bond donors (Lipinski definition) is 2. The average Bonchev–Trinajstić information content (AvgIpc) is 2.61. The third-order valence-electron chi connectivity index (χ3n) is 3.76. The second-order valence-electron chi connectivity index (χ2n) is 5.79. The predicted molar refractivity (Wildman–Crippen MR) is 95.3 cm³/mol. The van der Waals surface area contributed by atoms with Gasteiger partial charge in [-0.3, -0.25) is 9.59 Å². The van der Waals surface area contributed by atoms with Gasteiger partial charge in [-0.25, -0.2) is 0 Å². The van der Waals surface area contributed by atoms with Gasteiger partial charge in [0.05, 0.1) is 12.3 Å². The standard InChI is InChI=1S/C19H20N2O4/c1-3-10-24-15-7-4-13(5-8-15)19(23)20-14-6-9-17-16(11-14)21-18(22)12(2)25-17/h4-9,11-12H,3,10H2,1-2H3,(H,20,23)(H,21,22). The highest BCUT2D eigenvalue weighted by atomic mass is 16.5. The summed E-state index contributed by atoms with van der Waals surface area (Å²) in [5.41, 5.74) is 1.65. The van der Waals surface area contributed by atoms with Crippen LogP contribution in [0.3, 0.4) is 0 Å². The van der Waals surface area contributed by atoms with Crippen molar-refractivity contribution < 1.29 is 19.1 Å². The number of anilines is 2. The summed E-state index contributed by atoms with van der Waals surface area (Å²) in [6.07, 6.45) is 0.404. The van der Waals surface area contributed by atoms with E-state index < -0.39 is 6.10 Å². The summed E-state index contributed by atoms with van der Waals surface area (Å²) in [5.74, 6) is 0.876. The Balaban J connectivity index is 1.69. The van der Waals surface area contributed by atoms with Crippen molar-refractivity contribution in [3.8, 4) is 11.5 Å². The van der Waals surface area contributed by atoms with Crippen LogP contribution >= 0.6 is 0 Å². The van der Waals surface area contributed by atoms with Crippen LogP contribution in [0.1, 0.15) is 30.6 Å². The summed E-state index contributed by atoms with van der Waals surface area (Å²) in [6.45, 7) is 4.36. The van der Waals surface area contributed by atoms with Crippen molar-refractivity contribution in [2.45, 2.75) is 26.4 Å². The number of benzene rings is 2. The molecule has 0 radical (unpaired) electrons. The zero-order chi connectivity index (χ0) is 17.8. The highest BCUT2D eigenvalue weighted by Crippen LogP contribution is 2.32. The lowest BCUT2D eigenvalue weighted by atomic mass is 10.1. The Morgan fingerprint density at radius 3 is 2.72 bits per heavy atom. The van der Waals surface area contributed by atoms with Gasteiger partial charge in [0.25, 0.3) is 11.8 Å². The molecule has 25 heavy (non-hydrogen) atoms. The molecule has 0 saturated carbocycles. The summed E-state index contributed by atoms with van der Waals surface area (Å²) >= 11 is 0. The van der Waals surface area contributed by atoms with E-state index in [1.807, 2.05) is 6.92 Å². The van der Waals surface area contributed by atoms with Crippen LogP contribution < -0.4 is 20.1 Å². The molecule has 0 fully saturated rings. The Hall–Kier alpha value is -3.02. The second kappa shape index (κ2) is 7.25. The fourth-order valence-corrected chi connectivity index (χ4v) is 2.41. The molecule has 2 N–H and O–H groups in total. The Morgan fingerprint density at radius 2 is 2.00 bits per heavy atom. The van der Waals surface area contributed by atoms with Gasteiger partial charge in [0, 0.05) is 11.3 Å². The summed E-state index contributed by atoms with van der Waals surface area (Å²) in [4.78, 5) is 24.0. The highest BCUT2D eigenvalue weighted by Gasteiger charge is 2.23. The molecule has 0 saturated heterocycles. The molecule has 1 unspecified atom stereocenters. The zero-order valence-electron chi connectivity index (χ0n) is 14.2. The third-order valence-corrected chi connectivity index (χ3v) is 3.76. The number of ether oxygens (including phenoxy) is 2. The van der Waals surface area contributed by atoms with Gasteiger partial charge in [-0.05, 0) is 55.8 Å². The van der Waals surface area contributed by atoms with Crippen LogP contribution in [-0.2, 0) is 4.79 Å². The molecule has 1 atom stereocenters. The molecule has 0 bridgehead atoms. The molecule has 6 heteroatoms. The monoisotopic (exact) mass is 340 g/mol. The van der Waals surface area contributed by atoms with Crippen LogP contribution in [0.25, 0.3) is 0 Å². The first-order chi connectivity index (χ1) is 12.1. The number of amides is 2. The molecule has 2 aromatic rings. The number of rotatable bonds is 5. The maximum atomic E-state index is 12.4. The van der Waals surface area contributed by atoms with E-state index in [9.17, 15) is 9.59 Å². The fraction of sp³-hybridized carbons (Fsp3) is 0.263. The lowest BCUT2D eigenvalue weighted by molar-refractivity contribution is -0.122. The van der Waals surface area contributed by atoms with Gasteiger partial charge in [-0.1, -0.05) is 6.92 Å². The third kappa shape index (κ3) is 3.91. The van der Waals surface area contributed by atoms with Gasteiger partial charge >= 0.3 is 0 Å². The Kier molecular flexibility index (Phi) is 4.88. The molecule has 2 aromatic carbocycles. The molecular weight excluding hydrogens is 320 g/mol. The number of hydrogen-bond acceptors (Lipinski definition) is 4. The largest absolute Gasteiger partial charge is 0.494 e. The average molecular weight is 340 g/mol. The van der Waals surface area contributed by atoms with E-state index >= 15 is 0 Å². The zero-order valence-corrected chi connectivity index (χ0v) is 14.2. The number of carbonyl (C=O) groups excluding carboxylic acids is 2. The molecule has 1 aliphatic rings. The summed E-state index contributed by atoms with van der Waals surface area (Å²) < 4.78 is 11.0. The van der Waals surface area contributed by atoms with Crippen LogP contribution in [0.15, 0.2) is 42.5 Å². The van der Waals surface area contributed by atoms with E-state index in [0.29, 0.717) is 29.3 Å². The minimum absolute atomic E-state index is 0.210. The highest BCUT2D eigenvalue weighted by molar-refractivity contribution is 6.05. The van der Waals surface area contributed by atoms with Crippen molar-refractivity contribution >= 4 is 23.2 Å². The summed E-state index contributed by atoms with van der Waals surface area (Å²) in [6, 6.07) is 12.1. The lowest BCUT2D eigenvalue weighted by Crippen LogP contribution is -2.34. The molecule has 0 aliphatic carbocycles. The number of carbonyl (C=O) groups is 2. The van der Waals surface area contributed by atoms with Crippen LogP contribution in [0.4, 0.5) is 11.4 Å². The van der Waals surface area contributed by atoms with Crippen molar-refractivity contribution in [1.29, 1.82) is 0 Å². The molecule has 1 aliphatic heterocycles. The summed E-state index contributed by atoms with van der Waals surface area (Å²) in [7, 11) is 0. The topological polar surface area (TPSA) is 76.7 Å². The van der Waals surface area contributed by atoms with E-state index in [0.717, 1.165) is 12.2 Å². The maximum Gasteiger partial charge on any atom is 0.265 e. The molecule has 130 valence electrons. The van der Waals surface area contributed by atoms with Gasteiger partial charge in [0.2, 0.25) is 0 Å². The van der Waals surface area contributed by atoms with E-state index in [1.54, 1.807) is 49.4 Å². The van der Waals surface area contributed by atoms with Gasteiger partial charge in [0.15, 0.2) is 6.10 Å². The lowest BCUT2D eigenvalue weighted by Gasteiger charge is -2.23. The Morgan fingerprint density at radius 1 is 1.24 bits per heavy atom. The van der Waals surface area contributed by atoms with Crippen LogP contribution in [0.2, 0.25) is 0 Å². The first-order valence-corrected chi connectivity index (χ1v) is 8.22. The molecule has 2 amide bonds. The van der Waals surface area contributed by atoms with Gasteiger partial charge in [0.1, 0.15) is 11.5 Å². The number of nitrogens with one attached hydrogen (secondary N) is 2.